The molecular formula is C40H61N10O15P. The number of aliphatic hydroxyl groups is 1. The Kier molecular flexibility index (Phi) is 21.6. The summed E-state index contributed by atoms with van der Waals surface area (Å²) in [6, 6.07) is -2.71. The molecule has 26 heteroatoms. The van der Waals surface area contributed by atoms with Crippen molar-refractivity contribution in [3.8, 4) is 5.75 Å². The molecule has 0 unspecified atom stereocenters. The van der Waals surface area contributed by atoms with Crippen LogP contribution < -0.4 is 31.7 Å². The number of rotatable bonds is 28. The number of imidazole rings is 1. The Balaban J connectivity index is 1.74. The minimum atomic E-state index is -5.14. The van der Waals surface area contributed by atoms with E-state index in [1.165, 1.54) is 49.8 Å². The molecule has 9 N–H and O–H groups in total. The van der Waals surface area contributed by atoms with Gasteiger partial charge in [0.25, 0.3) is 5.69 Å². The highest BCUT2D eigenvalue weighted by atomic mass is 31.2. The molecule has 2 heterocycles. The average molecular weight is 953 g/mol. The van der Waals surface area contributed by atoms with Crippen LogP contribution >= 0.6 is 7.82 Å². The van der Waals surface area contributed by atoms with Crippen molar-refractivity contribution in [1.29, 1.82) is 0 Å². The lowest BCUT2D eigenvalue weighted by atomic mass is 10.0. The largest absolute Gasteiger partial charge is 0.496 e. The first-order valence-corrected chi connectivity index (χ1v) is 22.8. The number of aryl methyl sites for hydroxylation is 1. The summed E-state index contributed by atoms with van der Waals surface area (Å²) in [7, 11) is -3.73. The second-order valence-corrected chi connectivity index (χ2v) is 17.2. The monoisotopic (exact) mass is 952 g/mol. The SMILES string of the molecule is COc1cc([N+](=O)[O-])ccc1C/C=N/OCCCCCn1cncc1C[C@H](NC(=O)[C@H](CC(C)C)NC(=O)[C@@H]1CCCN1C(C)=O)C(=O)N[C@@H](CO)C(=O)N[C@H](C(N)=O)[C@@H](C)OP(=O)(O)O. The summed E-state index contributed by atoms with van der Waals surface area (Å²) in [6.45, 7) is 6.11. The van der Waals surface area contributed by atoms with E-state index in [1.54, 1.807) is 10.6 Å². The van der Waals surface area contributed by atoms with Gasteiger partial charge < -0.3 is 60.9 Å². The van der Waals surface area contributed by atoms with Crippen LogP contribution in [0, 0.1) is 16.0 Å². The molecule has 66 heavy (non-hydrogen) atoms. The quantitative estimate of drug-likeness (QED) is 0.0179. The second-order valence-electron chi connectivity index (χ2n) is 16.0. The van der Waals surface area contributed by atoms with E-state index in [-0.39, 0.29) is 37.0 Å². The summed E-state index contributed by atoms with van der Waals surface area (Å²) in [4.78, 5) is 119. The maximum Gasteiger partial charge on any atom is 0.469 e. The van der Waals surface area contributed by atoms with Crippen LogP contribution in [0.1, 0.15) is 77.5 Å². The van der Waals surface area contributed by atoms with Gasteiger partial charge in [0.1, 0.15) is 42.6 Å². The molecule has 0 aliphatic carbocycles. The van der Waals surface area contributed by atoms with Crippen molar-refractivity contribution in [2.45, 2.75) is 122 Å². The summed E-state index contributed by atoms with van der Waals surface area (Å²) < 4.78 is 22.9. The Morgan fingerprint density at radius 2 is 1.71 bits per heavy atom. The summed E-state index contributed by atoms with van der Waals surface area (Å²) >= 11 is 0. The Labute approximate surface area is 380 Å². The van der Waals surface area contributed by atoms with E-state index >= 15 is 0 Å². The number of carbonyl (C=O) groups is 6. The van der Waals surface area contributed by atoms with Gasteiger partial charge in [-0.2, -0.15) is 0 Å². The number of primary amides is 1. The zero-order valence-electron chi connectivity index (χ0n) is 37.5. The van der Waals surface area contributed by atoms with Gasteiger partial charge in [-0.15, -0.1) is 0 Å². The number of nitrogens with two attached hydrogens (primary N) is 1. The van der Waals surface area contributed by atoms with Gasteiger partial charge in [0.05, 0.1) is 37.1 Å². The first-order chi connectivity index (χ1) is 31.1. The van der Waals surface area contributed by atoms with Crippen molar-refractivity contribution in [3.05, 3.63) is 52.1 Å². The zero-order chi connectivity index (χ0) is 49.1. The fraction of sp³-hybridized carbons (Fsp3) is 0.600. The molecule has 25 nitrogen and oxygen atoms in total. The van der Waals surface area contributed by atoms with E-state index in [1.807, 2.05) is 13.8 Å². The molecule has 1 fully saturated rings. The molecule has 3 rings (SSSR count). The number of hydrogen-bond acceptors (Lipinski definition) is 15. The van der Waals surface area contributed by atoms with Crippen LogP contribution in [0.15, 0.2) is 35.9 Å². The molecule has 6 amide bonds. The highest BCUT2D eigenvalue weighted by Gasteiger charge is 2.37. The molecule has 0 radical (unpaired) electrons. The highest BCUT2D eigenvalue weighted by molar-refractivity contribution is 7.46. The minimum Gasteiger partial charge on any atom is -0.496 e. The molecule has 366 valence electrons. The van der Waals surface area contributed by atoms with E-state index in [0.29, 0.717) is 68.6 Å². The summed E-state index contributed by atoms with van der Waals surface area (Å²) in [6.07, 6.45) is 6.05. The number of methoxy groups -OCH3 is 1. The molecule has 1 aliphatic rings. The van der Waals surface area contributed by atoms with E-state index in [9.17, 15) is 58.3 Å². The first kappa shape index (κ1) is 54.3. The molecule has 1 aliphatic heterocycles. The fourth-order valence-corrected chi connectivity index (χ4v) is 7.65. The predicted molar refractivity (Wildman–Crippen MR) is 234 cm³/mol. The molecule has 0 spiro atoms. The summed E-state index contributed by atoms with van der Waals surface area (Å²) in [5.41, 5.74) is 6.41. The van der Waals surface area contributed by atoms with Gasteiger partial charge in [0, 0.05) is 62.6 Å². The van der Waals surface area contributed by atoms with Crippen LogP contribution in [0.2, 0.25) is 0 Å². The van der Waals surface area contributed by atoms with Crippen molar-refractivity contribution in [2.24, 2.45) is 16.8 Å². The normalized spacial score (nSPS) is 16.2. The van der Waals surface area contributed by atoms with Crippen LogP contribution in [0.4, 0.5) is 5.69 Å². The Morgan fingerprint density at radius 3 is 2.33 bits per heavy atom. The van der Waals surface area contributed by atoms with Gasteiger partial charge in [-0.05, 0) is 57.4 Å². The van der Waals surface area contributed by atoms with Crippen LogP contribution in [0.3, 0.4) is 0 Å². The lowest BCUT2D eigenvalue weighted by molar-refractivity contribution is -0.384. The maximum atomic E-state index is 14.0. The third-order valence-corrected chi connectivity index (χ3v) is 11.0. The van der Waals surface area contributed by atoms with Gasteiger partial charge in [-0.1, -0.05) is 19.0 Å². The average Bonchev–Trinajstić information content (AvgIpc) is 3.92. The van der Waals surface area contributed by atoms with Crippen molar-refractivity contribution < 1.29 is 67.2 Å². The number of amides is 6. The zero-order valence-corrected chi connectivity index (χ0v) is 38.4. The van der Waals surface area contributed by atoms with Crippen LogP contribution in [-0.4, -0.2) is 139 Å². The number of nitro benzene ring substituents is 1. The van der Waals surface area contributed by atoms with Crippen LogP contribution in [0.25, 0.3) is 0 Å². The van der Waals surface area contributed by atoms with Crippen molar-refractivity contribution >= 4 is 55.2 Å². The number of aliphatic hydroxyl groups excluding tert-OH is 1. The van der Waals surface area contributed by atoms with E-state index < -0.39 is 85.2 Å². The highest BCUT2D eigenvalue weighted by Crippen LogP contribution is 2.38. The van der Waals surface area contributed by atoms with E-state index in [2.05, 4.69) is 35.9 Å². The first-order valence-electron chi connectivity index (χ1n) is 21.2. The molecule has 0 saturated carbocycles. The number of phosphoric acid groups is 1. The van der Waals surface area contributed by atoms with E-state index in [0.717, 1.165) is 6.92 Å². The molecule has 6 atom stereocenters. The topological polar surface area (TPSA) is 359 Å². The number of ether oxygens (including phenoxy) is 1. The number of carbonyl (C=O) groups excluding carboxylic acids is 6. The lowest BCUT2D eigenvalue weighted by Crippen LogP contribution is -2.61. The van der Waals surface area contributed by atoms with Crippen molar-refractivity contribution in [2.75, 3.05) is 26.9 Å². The number of nitrogens with one attached hydrogen (secondary N) is 4. The van der Waals surface area contributed by atoms with Gasteiger partial charge >= 0.3 is 7.82 Å². The summed E-state index contributed by atoms with van der Waals surface area (Å²) in [5, 5.41) is 35.0. The van der Waals surface area contributed by atoms with Crippen LogP contribution in [0.5, 0.6) is 5.75 Å². The molecule has 2 aromatic rings. The molecule has 1 aromatic heterocycles. The number of phosphoric ester groups is 1. The summed E-state index contributed by atoms with van der Waals surface area (Å²) in [5.74, 6) is -4.76. The predicted octanol–water partition coefficient (Wildman–Crippen LogP) is -0.271. The number of nitro groups is 1. The van der Waals surface area contributed by atoms with Crippen molar-refractivity contribution in [3.63, 3.8) is 0 Å². The third-order valence-electron chi connectivity index (χ3n) is 10.4. The maximum absolute atomic E-state index is 14.0. The standard InChI is InChI=1S/C40H61N10O15P/c1-24(2)18-30(45-40(57)33-10-9-16-49(33)26(4)52)37(54)44-31(38(55)46-32(22-51)39(56)47-35(36(41)53)25(3)65-66(60,61)62)19-29-21-42-23-48(29)15-7-6-8-17-64-43-14-13-27-11-12-28(50(58)59)20-34(27)63-5/h11-12,14,20-21,23-25,30-33,35,51H,6-10,13,15-19,22H2,1-5H3,(H2,41,53)(H,44,54)(H,45,57)(H,46,55)(H,47,56)(H2,60,61,62)/b43-14+/t25-,30+,31+,32+,33+,35+/m1/s1. The number of aromatic nitrogens is 2. The van der Waals surface area contributed by atoms with Crippen molar-refractivity contribution in [1.82, 2.24) is 35.7 Å². The fourth-order valence-electron chi connectivity index (χ4n) is 7.10. The number of nitrogens with zero attached hydrogens (tertiary/aromatic N) is 5. The van der Waals surface area contributed by atoms with Gasteiger partial charge in [0.2, 0.25) is 35.4 Å². The van der Waals surface area contributed by atoms with Gasteiger partial charge in [-0.3, -0.25) is 43.4 Å². The van der Waals surface area contributed by atoms with Crippen LogP contribution in [-0.2, 0) is 62.1 Å². The number of benzene rings is 1. The number of non-ortho nitro benzene ring substituents is 1. The molecule has 1 aromatic carbocycles. The second kappa shape index (κ2) is 26.2. The molecule has 0 bridgehead atoms. The Morgan fingerprint density at radius 1 is 1.03 bits per heavy atom. The number of hydrogen-bond donors (Lipinski definition) is 8. The van der Waals surface area contributed by atoms with E-state index in [4.69, 9.17) is 15.3 Å². The number of likely N-dealkylation sites (tertiary alicyclic amines) is 1. The number of oxime groups is 1. The third kappa shape index (κ3) is 17.4. The molecule has 1 saturated heterocycles. The van der Waals surface area contributed by atoms with Gasteiger partial charge in [-0.25, -0.2) is 9.55 Å². The smallest absolute Gasteiger partial charge is 0.469 e. The Hall–Kier alpha value is -6.01. The molecular weight excluding hydrogens is 891 g/mol. The minimum absolute atomic E-state index is 0.0973. The van der Waals surface area contributed by atoms with Gasteiger partial charge in [0.15, 0.2) is 0 Å². The number of unbranched alkanes of at least 4 members (excludes halogenated alkanes) is 2. The lowest BCUT2D eigenvalue weighted by Gasteiger charge is -2.28. The Bertz CT molecular complexity index is 2080.